The van der Waals surface area contributed by atoms with Crippen LogP contribution in [0.25, 0.3) is 0 Å². The number of Topliss-reactive ketones (excluding diaryl/α,β-unsaturated/α-hetero) is 1. The highest BCUT2D eigenvalue weighted by molar-refractivity contribution is 6.23. The largest absolute Gasteiger partial charge is 0.462 e. The lowest BCUT2D eigenvalue weighted by atomic mass is 9.62. The Morgan fingerprint density at radius 3 is 2.46 bits per heavy atom. The number of ketones is 1. The van der Waals surface area contributed by atoms with Crippen LogP contribution in [0.15, 0.2) is 77.4 Å². The van der Waals surface area contributed by atoms with Crippen LogP contribution in [0.4, 0.5) is 5.69 Å². The highest BCUT2D eigenvalue weighted by Crippen LogP contribution is 2.57. The molecule has 7 nitrogen and oxygen atoms in total. The Hall–Kier alpha value is -3.87. The molecule has 0 bridgehead atoms. The number of rotatable bonds is 4. The van der Waals surface area contributed by atoms with Crippen LogP contribution in [0.3, 0.4) is 0 Å². The Kier molecular flexibility index (Phi) is 5.31. The second kappa shape index (κ2) is 8.12. The molecule has 2 aromatic carbocycles. The van der Waals surface area contributed by atoms with Crippen LogP contribution in [-0.2, 0) is 35.8 Å². The van der Waals surface area contributed by atoms with Crippen LogP contribution in [0, 0.1) is 5.41 Å². The van der Waals surface area contributed by atoms with Gasteiger partial charge < -0.3 is 20.1 Å². The minimum atomic E-state index is -1.72. The fourth-order valence-electron chi connectivity index (χ4n) is 5.58. The maximum Gasteiger partial charge on any atom is 0.341 e. The van der Waals surface area contributed by atoms with Gasteiger partial charge >= 0.3 is 5.97 Å². The molecule has 2 N–H and O–H groups in total. The maximum atomic E-state index is 14.6. The first-order chi connectivity index (χ1) is 16.7. The van der Waals surface area contributed by atoms with Crippen molar-refractivity contribution in [3.63, 3.8) is 0 Å². The van der Waals surface area contributed by atoms with E-state index in [0.717, 1.165) is 5.56 Å². The third-order valence-corrected chi connectivity index (χ3v) is 6.89. The van der Waals surface area contributed by atoms with Crippen molar-refractivity contribution in [3.05, 3.63) is 88.5 Å². The number of anilines is 1. The minimum Gasteiger partial charge on any atom is -0.462 e. The highest BCUT2D eigenvalue weighted by Gasteiger charge is 2.64. The van der Waals surface area contributed by atoms with Crippen LogP contribution in [0.1, 0.15) is 44.7 Å². The van der Waals surface area contributed by atoms with Crippen molar-refractivity contribution >= 4 is 23.3 Å². The summed E-state index contributed by atoms with van der Waals surface area (Å²) in [7, 11) is 0. The number of hydrogen-bond donors (Lipinski definition) is 1. The topological polar surface area (TPSA) is 98.9 Å². The number of carbonyl (C=O) groups is 3. The van der Waals surface area contributed by atoms with Crippen LogP contribution < -0.4 is 10.6 Å². The standard InChI is InChI=1S/C28H28N2O5/c1-4-34-25(32)23-24(29)35-21-15-27(2,3)14-20(31)22(21)28(23)18-12-8-9-13-19(18)30(26(28)33)16-17-10-6-5-7-11-17/h5-13H,4,14-16,29H2,1-3H3. The number of nitrogens with two attached hydrogens (primary N) is 1. The highest BCUT2D eigenvalue weighted by atomic mass is 16.5. The first-order valence-corrected chi connectivity index (χ1v) is 11.8. The summed E-state index contributed by atoms with van der Waals surface area (Å²) in [5.41, 5.74) is 6.42. The molecule has 2 aromatic rings. The molecule has 3 aliphatic rings. The van der Waals surface area contributed by atoms with E-state index in [1.807, 2.05) is 56.3 Å². The van der Waals surface area contributed by atoms with Crippen molar-refractivity contribution in [3.8, 4) is 0 Å². The Labute approximate surface area is 204 Å². The molecular weight excluding hydrogens is 444 g/mol. The van der Waals surface area contributed by atoms with Crippen molar-refractivity contribution in [1.29, 1.82) is 0 Å². The number of esters is 1. The summed E-state index contributed by atoms with van der Waals surface area (Å²) < 4.78 is 11.3. The molecule has 0 aromatic heterocycles. The molecule has 1 amide bonds. The second-order valence-corrected chi connectivity index (χ2v) is 9.94. The van der Waals surface area contributed by atoms with Gasteiger partial charge in [-0.2, -0.15) is 0 Å². The van der Waals surface area contributed by atoms with Gasteiger partial charge in [-0.1, -0.05) is 62.4 Å². The van der Waals surface area contributed by atoms with Gasteiger partial charge in [0, 0.05) is 24.1 Å². The lowest BCUT2D eigenvalue weighted by Gasteiger charge is -2.42. The fourth-order valence-corrected chi connectivity index (χ4v) is 5.58. The number of benzene rings is 2. The predicted octanol–water partition coefficient (Wildman–Crippen LogP) is 3.88. The summed E-state index contributed by atoms with van der Waals surface area (Å²) in [5, 5.41) is 0. The minimum absolute atomic E-state index is 0.0855. The Balaban J connectivity index is 1.79. The summed E-state index contributed by atoms with van der Waals surface area (Å²) in [6.45, 7) is 5.98. The third-order valence-electron chi connectivity index (χ3n) is 6.89. The summed E-state index contributed by atoms with van der Waals surface area (Å²) in [4.78, 5) is 43.3. The van der Waals surface area contributed by atoms with Gasteiger partial charge in [0.05, 0.1) is 18.7 Å². The van der Waals surface area contributed by atoms with Crippen molar-refractivity contribution in [2.24, 2.45) is 11.1 Å². The zero-order valence-corrected chi connectivity index (χ0v) is 20.1. The van der Waals surface area contributed by atoms with E-state index in [9.17, 15) is 14.4 Å². The third kappa shape index (κ3) is 3.37. The van der Waals surface area contributed by atoms with Crippen molar-refractivity contribution in [1.82, 2.24) is 0 Å². The fraction of sp³-hybridized carbons (Fsp3) is 0.321. The molecule has 1 atom stereocenters. The summed E-state index contributed by atoms with van der Waals surface area (Å²) in [6, 6.07) is 16.8. The Bertz CT molecular complexity index is 1310. The van der Waals surface area contributed by atoms with E-state index in [-0.39, 0.29) is 47.8 Å². The molecule has 5 rings (SSSR count). The Morgan fingerprint density at radius 1 is 1.06 bits per heavy atom. The van der Waals surface area contributed by atoms with Gasteiger partial charge in [-0.05, 0) is 24.0 Å². The molecule has 7 heteroatoms. The maximum absolute atomic E-state index is 14.6. The van der Waals surface area contributed by atoms with Gasteiger partial charge in [0.15, 0.2) is 5.78 Å². The normalized spacial score (nSPS) is 22.8. The molecule has 1 spiro atoms. The van der Waals surface area contributed by atoms with Crippen LogP contribution in [0.5, 0.6) is 0 Å². The smallest absolute Gasteiger partial charge is 0.341 e. The van der Waals surface area contributed by atoms with E-state index in [1.54, 1.807) is 24.0 Å². The van der Waals surface area contributed by atoms with E-state index in [1.165, 1.54) is 0 Å². The predicted molar refractivity (Wildman–Crippen MR) is 130 cm³/mol. The van der Waals surface area contributed by atoms with Crippen molar-refractivity contribution in [2.45, 2.75) is 45.6 Å². The summed E-state index contributed by atoms with van der Waals surface area (Å²) in [5.74, 6) is -1.24. The number of ether oxygens (including phenoxy) is 2. The van der Waals surface area contributed by atoms with Gasteiger partial charge in [-0.3, -0.25) is 9.59 Å². The second-order valence-electron chi connectivity index (χ2n) is 9.94. The lowest BCUT2D eigenvalue weighted by Crippen LogP contribution is -2.52. The lowest BCUT2D eigenvalue weighted by molar-refractivity contribution is -0.141. The molecule has 1 unspecified atom stereocenters. The van der Waals surface area contributed by atoms with E-state index >= 15 is 0 Å². The van der Waals surface area contributed by atoms with Gasteiger partial charge in [0.25, 0.3) is 0 Å². The quantitative estimate of drug-likeness (QED) is 0.678. The van der Waals surface area contributed by atoms with E-state index < -0.39 is 17.3 Å². The molecule has 1 aliphatic carbocycles. The van der Waals surface area contributed by atoms with Crippen LogP contribution >= 0.6 is 0 Å². The van der Waals surface area contributed by atoms with E-state index in [4.69, 9.17) is 15.2 Å². The summed E-state index contributed by atoms with van der Waals surface area (Å²) >= 11 is 0. The zero-order valence-electron chi connectivity index (χ0n) is 20.1. The van der Waals surface area contributed by atoms with Gasteiger partial charge in [0.2, 0.25) is 11.8 Å². The molecular formula is C28H28N2O5. The summed E-state index contributed by atoms with van der Waals surface area (Å²) in [6.07, 6.45) is 0.641. The molecule has 2 aliphatic heterocycles. The number of hydrogen-bond acceptors (Lipinski definition) is 6. The first kappa shape index (κ1) is 22.9. The molecule has 2 heterocycles. The van der Waals surface area contributed by atoms with Crippen LogP contribution in [-0.4, -0.2) is 24.3 Å². The average Bonchev–Trinajstić information content (AvgIpc) is 3.02. The van der Waals surface area contributed by atoms with Gasteiger partial charge in [-0.25, -0.2) is 4.79 Å². The number of allylic oxidation sites excluding steroid dienone is 1. The number of amides is 1. The van der Waals surface area contributed by atoms with E-state index in [0.29, 0.717) is 23.4 Å². The first-order valence-electron chi connectivity index (χ1n) is 11.8. The van der Waals surface area contributed by atoms with Crippen molar-refractivity contribution in [2.75, 3.05) is 11.5 Å². The molecule has 0 fully saturated rings. The number of para-hydroxylation sites is 1. The molecule has 0 saturated carbocycles. The van der Waals surface area contributed by atoms with Crippen molar-refractivity contribution < 1.29 is 23.9 Å². The van der Waals surface area contributed by atoms with Gasteiger partial charge in [0.1, 0.15) is 16.7 Å². The van der Waals surface area contributed by atoms with Gasteiger partial charge in [-0.15, -0.1) is 0 Å². The Morgan fingerprint density at radius 2 is 1.74 bits per heavy atom. The SMILES string of the molecule is CCOC(=O)C1=C(N)OC2=C(C(=O)CC(C)(C)C2)C12C(=O)N(Cc1ccccc1)c1ccccc12. The molecule has 180 valence electrons. The number of nitrogens with zero attached hydrogens (tertiary/aromatic N) is 1. The monoisotopic (exact) mass is 472 g/mol. The number of fused-ring (bicyclic) bond motifs is 3. The molecule has 0 saturated heterocycles. The molecule has 35 heavy (non-hydrogen) atoms. The van der Waals surface area contributed by atoms with Crippen LogP contribution in [0.2, 0.25) is 0 Å². The average molecular weight is 473 g/mol. The van der Waals surface area contributed by atoms with E-state index in [2.05, 4.69) is 0 Å². The molecule has 0 radical (unpaired) electrons. The zero-order chi connectivity index (χ0) is 25.0. The number of carbonyl (C=O) groups excluding carboxylic acids is 3.